The summed E-state index contributed by atoms with van der Waals surface area (Å²) in [6.45, 7) is 6.74. The van der Waals surface area contributed by atoms with E-state index in [1.165, 1.54) is 6.20 Å². The van der Waals surface area contributed by atoms with Gasteiger partial charge in [-0.15, -0.1) is 0 Å². The number of rotatable bonds is 7. The monoisotopic (exact) mass is 294 g/mol. The zero-order valence-electron chi connectivity index (χ0n) is 10.9. The Kier molecular flexibility index (Phi) is 5.62. The van der Waals surface area contributed by atoms with Crippen molar-refractivity contribution in [3.05, 3.63) is 11.9 Å². The van der Waals surface area contributed by atoms with Crippen LogP contribution in [-0.4, -0.2) is 24.3 Å². The Morgan fingerprint density at radius 2 is 2.17 bits per heavy atom. The molecule has 1 atom stereocenters. The fourth-order valence-corrected chi connectivity index (χ4v) is 2.44. The zero-order valence-corrected chi connectivity index (χ0v) is 12.5. The van der Waals surface area contributed by atoms with E-state index in [-0.39, 0.29) is 17.6 Å². The summed E-state index contributed by atoms with van der Waals surface area (Å²) in [4.78, 5) is 0.0425. The van der Waals surface area contributed by atoms with Gasteiger partial charge in [0.05, 0.1) is 12.7 Å². The molecule has 5 nitrogen and oxygen atoms in total. The van der Waals surface area contributed by atoms with E-state index in [1.54, 1.807) is 4.68 Å². The number of halogens is 1. The van der Waals surface area contributed by atoms with Crippen LogP contribution in [0.3, 0.4) is 0 Å². The van der Waals surface area contributed by atoms with Gasteiger partial charge < -0.3 is 4.74 Å². The van der Waals surface area contributed by atoms with E-state index in [4.69, 9.17) is 15.4 Å². The first-order valence-electron chi connectivity index (χ1n) is 6.01. The Morgan fingerprint density at radius 3 is 2.67 bits per heavy atom. The molecule has 0 fully saturated rings. The highest BCUT2D eigenvalue weighted by molar-refractivity contribution is 8.13. The first-order chi connectivity index (χ1) is 8.38. The summed E-state index contributed by atoms with van der Waals surface area (Å²) in [6, 6.07) is 0. The first kappa shape index (κ1) is 15.5. The molecule has 0 aliphatic carbocycles. The van der Waals surface area contributed by atoms with Crippen molar-refractivity contribution in [3.63, 3.8) is 0 Å². The van der Waals surface area contributed by atoms with Crippen LogP contribution >= 0.6 is 10.7 Å². The molecule has 0 bridgehead atoms. The highest BCUT2D eigenvalue weighted by atomic mass is 35.7. The molecule has 0 amide bonds. The molecule has 104 valence electrons. The summed E-state index contributed by atoms with van der Waals surface area (Å²) >= 11 is 0. The molecule has 0 aliphatic heterocycles. The van der Waals surface area contributed by atoms with Crippen molar-refractivity contribution < 1.29 is 13.2 Å². The van der Waals surface area contributed by atoms with Crippen LogP contribution in [0.25, 0.3) is 0 Å². The van der Waals surface area contributed by atoms with E-state index < -0.39 is 9.05 Å². The Bertz CT molecular complexity index is 484. The average Bonchev–Trinajstić information content (AvgIpc) is 2.69. The van der Waals surface area contributed by atoms with Gasteiger partial charge in [-0.2, -0.15) is 5.10 Å². The van der Waals surface area contributed by atoms with Gasteiger partial charge in [0.15, 0.2) is 0 Å². The maximum atomic E-state index is 11.4. The van der Waals surface area contributed by atoms with Crippen molar-refractivity contribution in [1.82, 2.24) is 9.78 Å². The molecule has 1 heterocycles. The maximum Gasteiger partial charge on any atom is 0.264 e. The summed E-state index contributed by atoms with van der Waals surface area (Å²) in [7, 11) is 1.61. The molecule has 0 spiro atoms. The van der Waals surface area contributed by atoms with Crippen LogP contribution in [0.1, 0.15) is 39.3 Å². The molecule has 0 radical (unpaired) electrons. The number of ether oxygens (including phenoxy) is 1. The second-order valence-corrected chi connectivity index (χ2v) is 6.71. The van der Waals surface area contributed by atoms with Gasteiger partial charge in [-0.05, 0) is 19.8 Å². The summed E-state index contributed by atoms with van der Waals surface area (Å²) in [5.41, 5.74) is 0.374. The van der Waals surface area contributed by atoms with Gasteiger partial charge in [0, 0.05) is 23.4 Å². The molecule has 0 aliphatic rings. The van der Waals surface area contributed by atoms with Crippen LogP contribution in [0, 0.1) is 0 Å². The second-order valence-electron chi connectivity index (χ2n) is 4.17. The van der Waals surface area contributed by atoms with Crippen molar-refractivity contribution in [1.29, 1.82) is 0 Å². The number of hydrogen-bond donors (Lipinski definition) is 0. The predicted octanol–water partition coefficient (Wildman–Crippen LogP) is 2.54. The topological polar surface area (TPSA) is 61.2 Å². The minimum Gasteiger partial charge on any atom is -0.372 e. The Morgan fingerprint density at radius 1 is 1.50 bits per heavy atom. The van der Waals surface area contributed by atoms with Crippen LogP contribution in [0.15, 0.2) is 11.1 Å². The molecular formula is C11H19ClN2O3S. The van der Waals surface area contributed by atoms with Gasteiger partial charge in [0.25, 0.3) is 9.05 Å². The largest absolute Gasteiger partial charge is 0.372 e. The second kappa shape index (κ2) is 6.54. The lowest BCUT2D eigenvalue weighted by Gasteiger charge is -2.09. The lowest BCUT2D eigenvalue weighted by Crippen LogP contribution is -2.08. The van der Waals surface area contributed by atoms with Crippen LogP contribution in [0.2, 0.25) is 0 Å². The number of hydrogen-bond acceptors (Lipinski definition) is 4. The van der Waals surface area contributed by atoms with E-state index in [2.05, 4.69) is 5.10 Å². The van der Waals surface area contributed by atoms with E-state index in [0.717, 1.165) is 12.8 Å². The van der Waals surface area contributed by atoms with Crippen LogP contribution in [0.5, 0.6) is 0 Å². The van der Waals surface area contributed by atoms with Crippen molar-refractivity contribution in [2.24, 2.45) is 0 Å². The Labute approximate surface area is 113 Å². The van der Waals surface area contributed by atoms with Gasteiger partial charge in [0.2, 0.25) is 0 Å². The fraction of sp³-hybridized carbons (Fsp3) is 0.727. The third kappa shape index (κ3) is 4.26. The van der Waals surface area contributed by atoms with E-state index in [0.29, 0.717) is 12.2 Å². The SMILES string of the molecule is CCCn1cc(S(=O)(=O)Cl)c(CO[C@@H](C)CC)n1. The van der Waals surface area contributed by atoms with Crippen LogP contribution in [-0.2, 0) is 26.9 Å². The number of aromatic nitrogens is 2. The van der Waals surface area contributed by atoms with Gasteiger partial charge in [0.1, 0.15) is 10.6 Å². The molecule has 0 saturated carbocycles. The quantitative estimate of drug-likeness (QED) is 0.725. The van der Waals surface area contributed by atoms with Gasteiger partial charge in [-0.25, -0.2) is 8.42 Å². The van der Waals surface area contributed by atoms with E-state index >= 15 is 0 Å². The van der Waals surface area contributed by atoms with Crippen molar-refractivity contribution in [3.8, 4) is 0 Å². The van der Waals surface area contributed by atoms with Gasteiger partial charge in [-0.1, -0.05) is 13.8 Å². The molecule has 0 saturated heterocycles. The number of aryl methyl sites for hydroxylation is 1. The van der Waals surface area contributed by atoms with E-state index in [1.807, 2.05) is 20.8 Å². The van der Waals surface area contributed by atoms with Crippen molar-refractivity contribution in [2.75, 3.05) is 0 Å². The summed E-state index contributed by atoms with van der Waals surface area (Å²) in [6.07, 6.45) is 3.25. The maximum absolute atomic E-state index is 11.4. The normalized spacial score (nSPS) is 13.8. The van der Waals surface area contributed by atoms with Gasteiger partial charge in [-0.3, -0.25) is 4.68 Å². The Hall–Kier alpha value is -0.590. The molecular weight excluding hydrogens is 276 g/mol. The molecule has 0 aromatic carbocycles. The molecule has 1 aromatic heterocycles. The smallest absolute Gasteiger partial charge is 0.264 e. The van der Waals surface area contributed by atoms with Crippen molar-refractivity contribution in [2.45, 2.75) is 57.8 Å². The van der Waals surface area contributed by atoms with Crippen LogP contribution < -0.4 is 0 Å². The molecule has 0 unspecified atom stereocenters. The first-order valence-corrected chi connectivity index (χ1v) is 8.32. The molecule has 1 rings (SSSR count). The average molecular weight is 295 g/mol. The lowest BCUT2D eigenvalue weighted by molar-refractivity contribution is 0.0474. The highest BCUT2D eigenvalue weighted by Gasteiger charge is 2.20. The zero-order chi connectivity index (χ0) is 13.8. The molecule has 7 heteroatoms. The highest BCUT2D eigenvalue weighted by Crippen LogP contribution is 2.20. The molecule has 1 aromatic rings. The minimum absolute atomic E-state index is 0.0425. The predicted molar refractivity (Wildman–Crippen MR) is 70.1 cm³/mol. The van der Waals surface area contributed by atoms with Gasteiger partial charge >= 0.3 is 0 Å². The summed E-state index contributed by atoms with van der Waals surface area (Å²) in [5.74, 6) is 0. The van der Waals surface area contributed by atoms with Crippen LogP contribution in [0.4, 0.5) is 0 Å². The van der Waals surface area contributed by atoms with Crippen molar-refractivity contribution >= 4 is 19.7 Å². The fourth-order valence-electron chi connectivity index (χ4n) is 1.43. The third-order valence-corrected chi connectivity index (χ3v) is 3.96. The summed E-state index contributed by atoms with van der Waals surface area (Å²) in [5, 5.41) is 4.20. The number of nitrogens with zero attached hydrogens (tertiary/aromatic N) is 2. The molecule has 0 N–H and O–H groups in total. The summed E-state index contributed by atoms with van der Waals surface area (Å²) < 4.78 is 30.0. The molecule has 18 heavy (non-hydrogen) atoms. The minimum atomic E-state index is -3.78. The third-order valence-electron chi connectivity index (χ3n) is 2.59. The lowest BCUT2D eigenvalue weighted by atomic mass is 10.3. The standard InChI is InChI=1S/C11H19ClN2O3S/c1-4-6-14-7-11(18(12,15)16)10(13-14)8-17-9(3)5-2/h7,9H,4-6,8H2,1-3H3/t9-/m0/s1. The Balaban J connectivity index is 2.93. The van der Waals surface area contributed by atoms with E-state index in [9.17, 15) is 8.42 Å².